The van der Waals surface area contributed by atoms with Crippen LogP contribution in [0.15, 0.2) is 42.5 Å². The first-order valence-corrected chi connectivity index (χ1v) is 14.9. The van der Waals surface area contributed by atoms with Gasteiger partial charge in [0.1, 0.15) is 23.3 Å². The molecule has 11 heteroatoms. The Morgan fingerprint density at radius 1 is 0.884 bits per heavy atom. The zero-order chi connectivity index (χ0) is 31.5. The van der Waals surface area contributed by atoms with E-state index in [-0.39, 0.29) is 31.4 Å². The molecule has 1 unspecified atom stereocenters. The predicted molar refractivity (Wildman–Crippen MR) is 162 cm³/mol. The van der Waals surface area contributed by atoms with Crippen molar-refractivity contribution in [3.63, 3.8) is 0 Å². The van der Waals surface area contributed by atoms with E-state index < -0.39 is 35.5 Å². The number of amides is 4. The summed E-state index contributed by atoms with van der Waals surface area (Å²) < 4.78 is 10.9. The summed E-state index contributed by atoms with van der Waals surface area (Å²) >= 11 is 6.25. The van der Waals surface area contributed by atoms with Gasteiger partial charge >= 0.3 is 12.2 Å². The molecule has 0 spiro atoms. The molecule has 2 N–H and O–H groups in total. The highest BCUT2D eigenvalue weighted by atomic mass is 35.5. The summed E-state index contributed by atoms with van der Waals surface area (Å²) in [6, 6.07) is 11.1. The Kier molecular flexibility index (Phi) is 9.59. The molecule has 2 aromatic carbocycles. The first-order valence-electron chi connectivity index (χ1n) is 14.5. The summed E-state index contributed by atoms with van der Waals surface area (Å²) in [5, 5.41) is 6.18. The van der Waals surface area contributed by atoms with Crippen molar-refractivity contribution in [1.29, 1.82) is 0 Å². The monoisotopic (exact) mass is 612 g/mol. The summed E-state index contributed by atoms with van der Waals surface area (Å²) in [5.41, 5.74) is 1.76. The zero-order valence-electron chi connectivity index (χ0n) is 25.7. The number of nitrogens with one attached hydrogen (secondary N) is 2. The van der Waals surface area contributed by atoms with E-state index in [0.717, 1.165) is 22.3 Å². The molecule has 10 nitrogen and oxygen atoms in total. The van der Waals surface area contributed by atoms with Crippen LogP contribution in [0.3, 0.4) is 0 Å². The van der Waals surface area contributed by atoms with Crippen LogP contribution in [0.4, 0.5) is 9.59 Å². The van der Waals surface area contributed by atoms with Gasteiger partial charge in [-0.25, -0.2) is 9.59 Å². The molecular weight excluding hydrogens is 572 g/mol. The minimum absolute atomic E-state index is 0.152. The number of halogens is 1. The topological polar surface area (TPSA) is 117 Å². The number of hydrogen-bond donors (Lipinski definition) is 2. The lowest BCUT2D eigenvalue weighted by atomic mass is 10.0. The lowest BCUT2D eigenvalue weighted by Crippen LogP contribution is -2.50. The number of fused-ring (bicyclic) bond motifs is 1. The number of nitrogens with zero attached hydrogens (tertiary/aromatic N) is 2. The van der Waals surface area contributed by atoms with Gasteiger partial charge < -0.3 is 25.0 Å². The fourth-order valence-electron chi connectivity index (χ4n) is 5.32. The van der Waals surface area contributed by atoms with Gasteiger partial charge in [-0.05, 0) is 88.8 Å². The summed E-state index contributed by atoms with van der Waals surface area (Å²) in [4.78, 5) is 55.9. The summed E-state index contributed by atoms with van der Waals surface area (Å²) in [7, 11) is 0. The van der Waals surface area contributed by atoms with Crippen LogP contribution in [-0.2, 0) is 38.7 Å². The standard InChI is InChI=1S/C32H41ClN4O6/c1-31(2,3)42-29(40)35-17-20-13-14-23(33)16-22(20)18-34-27(38)25-12-9-15-36(25)28(39)26-24-11-8-7-10-21(24)19-37(26)30(41)43-32(4,5)6/h7-8,10-11,13-14,16,25-26H,9,12,15,17-19H2,1-6H3,(H,34,38)(H,35,40)/t25-,26?/m0/s1. The third-order valence-corrected chi connectivity index (χ3v) is 7.38. The van der Waals surface area contributed by atoms with E-state index in [9.17, 15) is 19.2 Å². The van der Waals surface area contributed by atoms with Gasteiger partial charge in [0.15, 0.2) is 0 Å². The van der Waals surface area contributed by atoms with E-state index in [4.69, 9.17) is 21.1 Å². The molecule has 2 atom stereocenters. The number of benzene rings is 2. The summed E-state index contributed by atoms with van der Waals surface area (Å²) in [6.45, 7) is 11.7. The highest BCUT2D eigenvalue weighted by Gasteiger charge is 2.45. The minimum Gasteiger partial charge on any atom is -0.444 e. The molecule has 2 aromatic rings. The first kappa shape index (κ1) is 32.1. The van der Waals surface area contributed by atoms with Crippen molar-refractivity contribution in [1.82, 2.24) is 20.4 Å². The Hall–Kier alpha value is -3.79. The average molecular weight is 613 g/mol. The van der Waals surface area contributed by atoms with Gasteiger partial charge in [0, 0.05) is 24.7 Å². The second-order valence-corrected chi connectivity index (χ2v) is 13.3. The Balaban J connectivity index is 1.46. The van der Waals surface area contributed by atoms with Gasteiger partial charge in [-0.2, -0.15) is 0 Å². The Labute approximate surface area is 258 Å². The molecule has 0 bridgehead atoms. The van der Waals surface area contributed by atoms with E-state index in [1.54, 1.807) is 64.6 Å². The van der Waals surface area contributed by atoms with Crippen LogP contribution < -0.4 is 10.6 Å². The molecule has 1 fully saturated rings. The molecule has 232 valence electrons. The third kappa shape index (κ3) is 8.19. The molecule has 2 aliphatic rings. The van der Waals surface area contributed by atoms with Crippen LogP contribution in [0, 0.1) is 0 Å². The molecule has 1 saturated heterocycles. The van der Waals surface area contributed by atoms with Crippen molar-refractivity contribution in [2.24, 2.45) is 0 Å². The molecule has 4 amide bonds. The Morgan fingerprint density at radius 2 is 1.56 bits per heavy atom. The van der Waals surface area contributed by atoms with Crippen molar-refractivity contribution in [3.8, 4) is 0 Å². The highest BCUT2D eigenvalue weighted by molar-refractivity contribution is 6.30. The average Bonchev–Trinajstić information content (AvgIpc) is 3.54. The molecule has 0 saturated carbocycles. The van der Waals surface area contributed by atoms with Gasteiger partial charge in [-0.15, -0.1) is 0 Å². The smallest absolute Gasteiger partial charge is 0.411 e. The van der Waals surface area contributed by atoms with Crippen LogP contribution in [-0.4, -0.2) is 57.6 Å². The van der Waals surface area contributed by atoms with Crippen molar-refractivity contribution >= 4 is 35.6 Å². The molecule has 2 aliphatic heterocycles. The van der Waals surface area contributed by atoms with Crippen LogP contribution in [0.1, 0.15) is 82.7 Å². The number of likely N-dealkylation sites (tertiary alicyclic amines) is 1. The van der Waals surface area contributed by atoms with Gasteiger partial charge in [-0.3, -0.25) is 14.5 Å². The fourth-order valence-corrected chi connectivity index (χ4v) is 5.51. The van der Waals surface area contributed by atoms with E-state index in [1.807, 2.05) is 24.3 Å². The van der Waals surface area contributed by atoms with Crippen molar-refractivity contribution in [2.45, 2.75) is 97.3 Å². The number of ether oxygens (including phenoxy) is 2. The summed E-state index contributed by atoms with van der Waals surface area (Å²) in [6.07, 6.45) is 0.0376. The van der Waals surface area contributed by atoms with E-state index >= 15 is 0 Å². The molecule has 2 heterocycles. The maximum absolute atomic E-state index is 14.1. The third-order valence-electron chi connectivity index (χ3n) is 7.15. The van der Waals surface area contributed by atoms with E-state index in [2.05, 4.69) is 10.6 Å². The minimum atomic E-state index is -0.877. The quantitative estimate of drug-likeness (QED) is 0.447. The lowest BCUT2D eigenvalue weighted by molar-refractivity contribution is -0.142. The van der Waals surface area contributed by atoms with Crippen molar-refractivity contribution < 1.29 is 28.7 Å². The maximum Gasteiger partial charge on any atom is 0.411 e. The molecule has 0 aliphatic carbocycles. The lowest BCUT2D eigenvalue weighted by Gasteiger charge is -2.32. The number of hydrogen-bond acceptors (Lipinski definition) is 6. The maximum atomic E-state index is 14.1. The Bertz CT molecular complexity index is 1380. The number of carbonyl (C=O) groups excluding carboxylic acids is 4. The number of rotatable bonds is 6. The largest absolute Gasteiger partial charge is 0.444 e. The molecule has 4 rings (SSSR count). The molecule has 43 heavy (non-hydrogen) atoms. The Morgan fingerprint density at radius 3 is 2.26 bits per heavy atom. The SMILES string of the molecule is CC(C)(C)OC(=O)NCc1ccc(Cl)cc1CNC(=O)[C@@H]1CCCN1C(=O)C1c2ccccc2CN1C(=O)OC(C)(C)C. The van der Waals surface area contributed by atoms with Crippen LogP contribution >= 0.6 is 11.6 Å². The van der Waals surface area contributed by atoms with Crippen LogP contribution in [0.25, 0.3) is 0 Å². The molecule has 0 radical (unpaired) electrons. The highest BCUT2D eigenvalue weighted by Crippen LogP contribution is 2.37. The fraction of sp³-hybridized carbons (Fsp3) is 0.500. The second kappa shape index (κ2) is 12.8. The number of alkyl carbamates (subject to hydrolysis) is 1. The van der Waals surface area contributed by atoms with Gasteiger partial charge in [0.05, 0.1) is 6.54 Å². The summed E-state index contributed by atoms with van der Waals surface area (Å²) in [5.74, 6) is -0.606. The van der Waals surface area contributed by atoms with Crippen LogP contribution in [0.2, 0.25) is 5.02 Å². The van der Waals surface area contributed by atoms with Crippen molar-refractivity contribution in [2.75, 3.05) is 6.54 Å². The van der Waals surface area contributed by atoms with Gasteiger partial charge in [0.25, 0.3) is 5.91 Å². The normalized spacial score (nSPS) is 18.2. The van der Waals surface area contributed by atoms with Gasteiger partial charge in [0.2, 0.25) is 5.91 Å². The van der Waals surface area contributed by atoms with Gasteiger partial charge in [-0.1, -0.05) is 41.9 Å². The zero-order valence-corrected chi connectivity index (χ0v) is 26.4. The van der Waals surface area contributed by atoms with Crippen molar-refractivity contribution in [3.05, 3.63) is 69.7 Å². The van der Waals surface area contributed by atoms with Crippen LogP contribution in [0.5, 0.6) is 0 Å². The first-order chi connectivity index (χ1) is 20.1. The molecule has 0 aromatic heterocycles. The number of carbonyl (C=O) groups is 4. The molecular formula is C32H41ClN4O6. The second-order valence-electron chi connectivity index (χ2n) is 12.9. The van der Waals surface area contributed by atoms with E-state index in [1.165, 1.54) is 4.90 Å². The predicted octanol–water partition coefficient (Wildman–Crippen LogP) is 5.46. The van der Waals surface area contributed by atoms with E-state index in [0.29, 0.717) is 24.4 Å².